The molecular weight excluding hydrogens is 384 g/mol. The van der Waals surface area contributed by atoms with Gasteiger partial charge in [0.1, 0.15) is 6.34 Å². The maximum absolute atomic E-state index is 4.77. The average molecular weight is 409 g/mol. The first kappa shape index (κ1) is 19.2. The van der Waals surface area contributed by atoms with Crippen molar-refractivity contribution in [1.82, 2.24) is 4.90 Å². The van der Waals surface area contributed by atoms with Crippen molar-refractivity contribution in [2.75, 3.05) is 19.0 Å². The zero-order chi connectivity index (χ0) is 21.5. The van der Waals surface area contributed by atoms with Crippen LogP contribution in [0, 0.1) is 0 Å². The summed E-state index contributed by atoms with van der Waals surface area (Å²) in [6, 6.07) is 17.0. The smallest absolute Gasteiger partial charge is 0.239 e. The lowest BCUT2D eigenvalue weighted by atomic mass is 9.99. The minimum Gasteiger partial charge on any atom is -0.378 e. The largest absolute Gasteiger partial charge is 0.378 e. The van der Waals surface area contributed by atoms with E-state index in [1.807, 2.05) is 19.0 Å². The van der Waals surface area contributed by atoms with E-state index in [2.05, 4.69) is 89.4 Å². The Balaban J connectivity index is 1.55. The number of hydrogen-bond acceptors (Lipinski definition) is 6. The number of allylic oxidation sites excluding steroid dienone is 2. The summed E-state index contributed by atoms with van der Waals surface area (Å²) in [4.78, 5) is 22.3. The maximum atomic E-state index is 4.77. The Morgan fingerprint density at radius 1 is 0.806 bits per heavy atom. The topological polar surface area (TPSA) is 55.9 Å². The third kappa shape index (κ3) is 3.50. The van der Waals surface area contributed by atoms with Crippen LogP contribution in [0.4, 0.5) is 5.69 Å². The second-order valence-corrected chi connectivity index (χ2v) is 8.23. The zero-order valence-electron chi connectivity index (χ0n) is 18.1. The predicted octanol–water partition coefficient (Wildman–Crippen LogP) is 4.67. The quantitative estimate of drug-likeness (QED) is 0.738. The number of aliphatic imine (C=N–C) groups is 4. The third-order valence-corrected chi connectivity index (χ3v) is 5.57. The van der Waals surface area contributed by atoms with Gasteiger partial charge in [-0.1, -0.05) is 50.2 Å². The molecule has 31 heavy (non-hydrogen) atoms. The van der Waals surface area contributed by atoms with Crippen LogP contribution in [0.25, 0.3) is 5.70 Å². The number of rotatable bonds is 4. The molecule has 3 aliphatic heterocycles. The molecule has 5 rings (SSSR count). The van der Waals surface area contributed by atoms with E-state index in [0.29, 0.717) is 17.8 Å². The Bertz CT molecular complexity index is 1150. The van der Waals surface area contributed by atoms with Gasteiger partial charge < -0.3 is 4.90 Å². The van der Waals surface area contributed by atoms with Crippen LogP contribution >= 0.6 is 0 Å². The Hall–Kier alpha value is -3.80. The molecule has 0 radical (unpaired) electrons. The summed E-state index contributed by atoms with van der Waals surface area (Å²) in [6.07, 6.45) is 5.67. The number of guanidine groups is 2. The van der Waals surface area contributed by atoms with Gasteiger partial charge in [-0.15, -0.1) is 0 Å². The van der Waals surface area contributed by atoms with Gasteiger partial charge in [-0.05, 0) is 35.8 Å². The fraction of sp³-hybridized carbons (Fsp3) is 0.200. The molecule has 0 fully saturated rings. The SMILES string of the molecule is CC(C)c1ccc(C2=NC3=NC=NC4=NC(c5ccc(N(C)C)cc5)=CC(=C2)N34)cc1. The minimum absolute atomic E-state index is 0.497. The van der Waals surface area contributed by atoms with Crippen molar-refractivity contribution < 1.29 is 0 Å². The standard InChI is InChI=1S/C25H24N6/c1-16(2)17-5-7-18(8-6-17)22-13-21-14-23(19-9-11-20(12-10-19)30(3)4)29-25-27-15-26-24(28-22)31(21)25/h5-16H,1-4H3. The van der Waals surface area contributed by atoms with Crippen LogP contribution in [0.5, 0.6) is 0 Å². The molecule has 0 aromatic heterocycles. The van der Waals surface area contributed by atoms with Crippen LogP contribution in [0.1, 0.15) is 36.5 Å². The van der Waals surface area contributed by atoms with Gasteiger partial charge in [-0.2, -0.15) is 0 Å². The molecule has 6 heteroatoms. The van der Waals surface area contributed by atoms with Gasteiger partial charge in [0.05, 0.1) is 17.1 Å². The highest BCUT2D eigenvalue weighted by molar-refractivity contribution is 6.22. The van der Waals surface area contributed by atoms with Gasteiger partial charge in [0, 0.05) is 30.9 Å². The molecule has 0 N–H and O–H groups in total. The summed E-state index contributed by atoms with van der Waals surface area (Å²) in [7, 11) is 4.07. The molecule has 0 bridgehead atoms. The van der Waals surface area contributed by atoms with Crippen LogP contribution in [-0.4, -0.2) is 43.0 Å². The molecule has 0 saturated heterocycles. The van der Waals surface area contributed by atoms with Crippen LogP contribution in [0.2, 0.25) is 0 Å². The van der Waals surface area contributed by atoms with Crippen molar-refractivity contribution in [2.24, 2.45) is 20.0 Å². The van der Waals surface area contributed by atoms with Crippen molar-refractivity contribution in [3.63, 3.8) is 0 Å². The van der Waals surface area contributed by atoms with E-state index in [1.54, 1.807) is 0 Å². The molecule has 0 spiro atoms. The Kier molecular flexibility index (Phi) is 4.62. The molecule has 3 heterocycles. The van der Waals surface area contributed by atoms with Gasteiger partial charge in [0.15, 0.2) is 0 Å². The molecule has 0 unspecified atom stereocenters. The average Bonchev–Trinajstić information content (AvgIpc) is 2.79. The van der Waals surface area contributed by atoms with Gasteiger partial charge >= 0.3 is 0 Å². The summed E-state index contributed by atoms with van der Waals surface area (Å²) >= 11 is 0. The van der Waals surface area contributed by atoms with E-state index in [9.17, 15) is 0 Å². The first-order valence-electron chi connectivity index (χ1n) is 10.4. The highest BCUT2D eigenvalue weighted by atomic mass is 15.4. The van der Waals surface area contributed by atoms with E-state index in [4.69, 9.17) is 9.98 Å². The van der Waals surface area contributed by atoms with Gasteiger partial charge in [0.2, 0.25) is 11.9 Å². The molecule has 0 amide bonds. The molecule has 0 atom stereocenters. The van der Waals surface area contributed by atoms with Crippen molar-refractivity contribution in [3.8, 4) is 0 Å². The van der Waals surface area contributed by atoms with E-state index in [-0.39, 0.29) is 0 Å². The van der Waals surface area contributed by atoms with Gasteiger partial charge in [-0.3, -0.25) is 0 Å². The summed E-state index contributed by atoms with van der Waals surface area (Å²) in [5, 5.41) is 0. The van der Waals surface area contributed by atoms with E-state index >= 15 is 0 Å². The molecule has 2 aromatic rings. The summed E-state index contributed by atoms with van der Waals surface area (Å²) in [5.74, 6) is 1.67. The van der Waals surface area contributed by atoms with Crippen molar-refractivity contribution >= 4 is 35.4 Å². The first-order chi connectivity index (χ1) is 15.0. The second-order valence-electron chi connectivity index (χ2n) is 8.23. The van der Waals surface area contributed by atoms with Crippen molar-refractivity contribution in [3.05, 3.63) is 83.1 Å². The zero-order valence-corrected chi connectivity index (χ0v) is 18.1. The lowest BCUT2D eigenvalue weighted by Crippen LogP contribution is -2.40. The molecule has 154 valence electrons. The number of hydrogen-bond donors (Lipinski definition) is 0. The monoisotopic (exact) mass is 408 g/mol. The summed E-state index contributed by atoms with van der Waals surface area (Å²) < 4.78 is 0. The van der Waals surface area contributed by atoms with Gasteiger partial charge in [0.25, 0.3) is 0 Å². The normalized spacial score (nSPS) is 16.8. The van der Waals surface area contributed by atoms with E-state index < -0.39 is 0 Å². The van der Waals surface area contributed by atoms with Crippen molar-refractivity contribution in [2.45, 2.75) is 19.8 Å². The second kappa shape index (κ2) is 7.47. The third-order valence-electron chi connectivity index (χ3n) is 5.57. The fourth-order valence-corrected chi connectivity index (χ4v) is 3.72. The van der Waals surface area contributed by atoms with Crippen molar-refractivity contribution in [1.29, 1.82) is 0 Å². The Morgan fingerprint density at radius 3 is 2.19 bits per heavy atom. The minimum atomic E-state index is 0.497. The van der Waals surface area contributed by atoms with E-state index in [0.717, 1.165) is 33.9 Å². The highest BCUT2D eigenvalue weighted by Crippen LogP contribution is 2.31. The van der Waals surface area contributed by atoms with Crippen LogP contribution in [0.3, 0.4) is 0 Å². The Labute approximate surface area is 182 Å². The fourth-order valence-electron chi connectivity index (χ4n) is 3.72. The number of anilines is 1. The summed E-state index contributed by atoms with van der Waals surface area (Å²) in [5.41, 5.74) is 7.29. The summed E-state index contributed by atoms with van der Waals surface area (Å²) in [6.45, 7) is 4.40. The van der Waals surface area contributed by atoms with E-state index in [1.165, 1.54) is 11.9 Å². The van der Waals surface area contributed by atoms with Gasteiger partial charge in [-0.25, -0.2) is 24.9 Å². The lowest BCUT2D eigenvalue weighted by molar-refractivity contribution is 0.738. The van der Waals surface area contributed by atoms with Crippen LogP contribution < -0.4 is 4.90 Å². The number of nitrogens with zero attached hydrogens (tertiary/aromatic N) is 6. The molecular formula is C25H24N6. The molecule has 2 aromatic carbocycles. The maximum Gasteiger partial charge on any atom is 0.239 e. The first-order valence-corrected chi connectivity index (χ1v) is 10.4. The molecule has 0 saturated carbocycles. The predicted molar refractivity (Wildman–Crippen MR) is 129 cm³/mol. The molecule has 0 aliphatic carbocycles. The van der Waals surface area contributed by atoms with Crippen LogP contribution in [-0.2, 0) is 0 Å². The molecule has 6 nitrogen and oxygen atoms in total. The lowest BCUT2D eigenvalue weighted by Gasteiger charge is -2.31. The number of benzene rings is 2. The molecule has 3 aliphatic rings. The Morgan fingerprint density at radius 2 is 1.52 bits per heavy atom. The van der Waals surface area contributed by atoms with Crippen LogP contribution in [0.15, 0.2) is 86.3 Å². The highest BCUT2D eigenvalue weighted by Gasteiger charge is 2.30.